The second-order valence-electron chi connectivity index (χ2n) is 4.49. The lowest BCUT2D eigenvalue weighted by Crippen LogP contribution is -2.24. The van der Waals surface area contributed by atoms with E-state index in [0.29, 0.717) is 0 Å². The summed E-state index contributed by atoms with van der Waals surface area (Å²) in [5, 5.41) is 0. The van der Waals surface area contributed by atoms with Gasteiger partial charge in [-0.25, -0.2) is 11.9 Å². The van der Waals surface area contributed by atoms with E-state index in [1.165, 1.54) is 11.4 Å². The smallest absolute Gasteiger partial charge is 0.000755 e. The van der Waals surface area contributed by atoms with Crippen molar-refractivity contribution in [1.82, 2.24) is 0 Å². The van der Waals surface area contributed by atoms with Crippen molar-refractivity contribution in [3.05, 3.63) is 90.8 Å². The predicted molar refractivity (Wildman–Crippen MR) is 82.8 cm³/mol. The van der Waals surface area contributed by atoms with Crippen LogP contribution in [0, 0.1) is 0 Å². The average molecular weight is 244 g/mol. The summed E-state index contributed by atoms with van der Waals surface area (Å²) in [4.78, 5) is 2.33. The molecule has 2 aromatic carbocycles. The lowest BCUT2D eigenvalue weighted by molar-refractivity contribution is 1.39. The van der Waals surface area contributed by atoms with Crippen LogP contribution in [0.1, 0.15) is 0 Å². The van der Waals surface area contributed by atoms with Crippen LogP contribution in [-0.2, 0) is 0 Å². The molecule has 3 aromatic rings. The maximum Gasteiger partial charge on any atom is 0.000755 e. The molecular weight excluding hydrogens is 229 g/mol. The average Bonchev–Trinajstić information content (AvgIpc) is 2.51. The lowest BCUT2D eigenvalue weighted by atomic mass is 9.76. The zero-order valence-electron chi connectivity index (χ0n) is 10.7. The summed E-state index contributed by atoms with van der Waals surface area (Å²) >= 11 is 0. The van der Waals surface area contributed by atoms with Crippen LogP contribution in [0.4, 0.5) is 11.4 Å². The summed E-state index contributed by atoms with van der Waals surface area (Å²) in [5.74, 6) is 4.42. The Bertz CT molecular complexity index is 529. The Labute approximate surface area is 114 Å². The molecule has 0 fully saturated rings. The van der Waals surface area contributed by atoms with Gasteiger partial charge in [0.25, 0.3) is 0 Å². The molecule has 3 rings (SSSR count). The van der Waals surface area contributed by atoms with Crippen molar-refractivity contribution in [2.75, 3.05) is 4.81 Å². The molecule has 0 radical (unpaired) electrons. The van der Waals surface area contributed by atoms with Gasteiger partial charge in [0.1, 0.15) is 0 Å². The van der Waals surface area contributed by atoms with Crippen LogP contribution in [0.25, 0.3) is 0 Å². The Morgan fingerprint density at radius 3 is 1.42 bits per heavy atom. The molecule has 0 N–H and O–H groups in total. The van der Waals surface area contributed by atoms with Gasteiger partial charge in [-0.15, -0.1) is 12.1 Å². The highest BCUT2D eigenvalue weighted by molar-refractivity contribution is 6.57. The van der Waals surface area contributed by atoms with E-state index in [0.717, 1.165) is 0 Å². The standard InChI is InChI=1S/C17H15BN/c1-4-10-16(11-5-1)19(17-12-6-2-7-13-17)18-14-8-3-9-15-18/h1-15H/q-1. The Hall–Kier alpha value is -2.35. The van der Waals surface area contributed by atoms with E-state index in [2.05, 4.69) is 83.5 Å². The second kappa shape index (κ2) is 5.53. The van der Waals surface area contributed by atoms with Crippen LogP contribution >= 0.6 is 0 Å². The van der Waals surface area contributed by atoms with Crippen molar-refractivity contribution >= 4 is 17.9 Å². The number of anilines is 2. The Kier molecular flexibility index (Phi) is 3.41. The van der Waals surface area contributed by atoms with E-state index < -0.39 is 0 Å². The van der Waals surface area contributed by atoms with Gasteiger partial charge in [-0.05, 0) is 30.7 Å². The maximum atomic E-state index is 2.33. The maximum absolute atomic E-state index is 2.33. The van der Waals surface area contributed by atoms with Crippen molar-refractivity contribution in [3.63, 3.8) is 0 Å². The third kappa shape index (κ3) is 2.58. The van der Waals surface area contributed by atoms with Crippen LogP contribution in [0.2, 0.25) is 0 Å². The van der Waals surface area contributed by atoms with Crippen molar-refractivity contribution < 1.29 is 0 Å². The summed E-state index contributed by atoms with van der Waals surface area (Å²) in [5.41, 5.74) is 2.41. The normalized spacial score (nSPS) is 10.1. The van der Waals surface area contributed by atoms with Gasteiger partial charge in [0.15, 0.2) is 0 Å². The first-order chi connectivity index (χ1) is 9.45. The molecule has 0 unspecified atom stereocenters. The van der Waals surface area contributed by atoms with E-state index >= 15 is 0 Å². The number of benzene rings is 2. The zero-order chi connectivity index (χ0) is 12.9. The fourth-order valence-electron chi connectivity index (χ4n) is 2.33. The molecule has 0 aliphatic rings. The number of para-hydroxylation sites is 2. The predicted octanol–water partition coefficient (Wildman–Crippen LogP) is 4.31. The van der Waals surface area contributed by atoms with Crippen LogP contribution < -0.4 is 4.81 Å². The highest BCUT2D eigenvalue weighted by Gasteiger charge is 2.01. The van der Waals surface area contributed by atoms with E-state index in [-0.39, 0.29) is 6.48 Å². The van der Waals surface area contributed by atoms with Crippen molar-refractivity contribution in [1.29, 1.82) is 0 Å². The molecule has 1 heterocycles. The molecule has 19 heavy (non-hydrogen) atoms. The minimum absolute atomic E-state index is 0.259. The second-order valence-corrected chi connectivity index (χ2v) is 4.49. The fourth-order valence-corrected chi connectivity index (χ4v) is 2.33. The molecule has 1 aromatic heterocycles. The van der Waals surface area contributed by atoms with Gasteiger partial charge in [-0.1, -0.05) is 42.5 Å². The molecule has 0 atom stereocenters. The molecule has 0 amide bonds. The molecule has 2 heteroatoms. The Morgan fingerprint density at radius 1 is 0.526 bits per heavy atom. The number of rotatable bonds is 3. The third-order valence-electron chi connectivity index (χ3n) is 3.21. The first kappa shape index (κ1) is 11.7. The van der Waals surface area contributed by atoms with E-state index in [4.69, 9.17) is 0 Å². The summed E-state index contributed by atoms with van der Waals surface area (Å²) in [6.07, 6.45) is 0. The largest absolute Gasteiger partial charge is 0.529 e. The number of hydrogen-bond acceptors (Lipinski definition) is 1. The molecule has 0 spiro atoms. The van der Waals surface area contributed by atoms with Crippen LogP contribution in [-0.4, -0.2) is 6.48 Å². The first-order valence-electron chi connectivity index (χ1n) is 6.53. The van der Waals surface area contributed by atoms with Gasteiger partial charge < -0.3 is 4.81 Å². The highest BCUT2D eigenvalue weighted by Crippen LogP contribution is 2.24. The van der Waals surface area contributed by atoms with Gasteiger partial charge in [-0.2, -0.15) is 0 Å². The fraction of sp³-hybridized carbons (Fsp3) is 0. The summed E-state index contributed by atoms with van der Waals surface area (Å²) in [6.45, 7) is 0.259. The van der Waals surface area contributed by atoms with Gasteiger partial charge in [0.05, 0.1) is 0 Å². The van der Waals surface area contributed by atoms with E-state index in [1.54, 1.807) is 0 Å². The Morgan fingerprint density at radius 2 is 0.947 bits per heavy atom. The summed E-state index contributed by atoms with van der Waals surface area (Å²) in [6, 6.07) is 27.3. The van der Waals surface area contributed by atoms with E-state index in [9.17, 15) is 0 Å². The molecule has 0 aliphatic heterocycles. The van der Waals surface area contributed by atoms with Gasteiger partial charge in [-0.3, -0.25) is 0 Å². The lowest BCUT2D eigenvalue weighted by Gasteiger charge is -2.36. The Balaban J connectivity index is 2.12. The molecular formula is C17H15BN-. The highest BCUT2D eigenvalue weighted by atomic mass is 15.1. The van der Waals surface area contributed by atoms with Crippen molar-refractivity contribution in [2.45, 2.75) is 0 Å². The van der Waals surface area contributed by atoms with Gasteiger partial charge in [0, 0.05) is 11.4 Å². The monoisotopic (exact) mass is 244 g/mol. The third-order valence-corrected chi connectivity index (χ3v) is 3.21. The van der Waals surface area contributed by atoms with Gasteiger partial charge in [0.2, 0.25) is 0 Å². The SMILES string of the molecule is c1cc[b-](N(c2ccccc2)c2ccccc2)cc1. The van der Waals surface area contributed by atoms with Crippen LogP contribution in [0.5, 0.6) is 0 Å². The van der Waals surface area contributed by atoms with Gasteiger partial charge >= 0.3 is 0 Å². The minimum atomic E-state index is 0.259. The van der Waals surface area contributed by atoms with Crippen molar-refractivity contribution in [2.24, 2.45) is 0 Å². The summed E-state index contributed by atoms with van der Waals surface area (Å²) in [7, 11) is 0. The van der Waals surface area contributed by atoms with Crippen LogP contribution in [0.15, 0.2) is 90.8 Å². The van der Waals surface area contributed by atoms with Crippen LogP contribution in [0.3, 0.4) is 0 Å². The first-order valence-corrected chi connectivity index (χ1v) is 6.53. The van der Waals surface area contributed by atoms with Crippen molar-refractivity contribution in [3.8, 4) is 0 Å². The molecule has 0 saturated carbocycles. The molecule has 0 aliphatic carbocycles. The zero-order valence-corrected chi connectivity index (χ0v) is 10.7. The molecule has 0 saturated heterocycles. The number of hydrogen-bond donors (Lipinski definition) is 0. The quantitative estimate of drug-likeness (QED) is 0.663. The molecule has 0 bridgehead atoms. The minimum Gasteiger partial charge on any atom is -0.529 e. The van der Waals surface area contributed by atoms with E-state index in [1.807, 2.05) is 12.1 Å². The summed E-state index contributed by atoms with van der Waals surface area (Å²) < 4.78 is 0. The molecule has 1 nitrogen and oxygen atoms in total. The number of nitrogens with zero attached hydrogens (tertiary/aromatic N) is 1. The topological polar surface area (TPSA) is 3.24 Å². The molecule has 92 valence electrons.